The van der Waals surface area contributed by atoms with E-state index in [1.54, 1.807) is 11.5 Å². The summed E-state index contributed by atoms with van der Waals surface area (Å²) < 4.78 is 6.79. The Hall–Kier alpha value is -3.14. The fourth-order valence-corrected chi connectivity index (χ4v) is 2.98. The summed E-state index contributed by atoms with van der Waals surface area (Å²) in [6.07, 6.45) is -0.401. The second kappa shape index (κ2) is 5.81. The van der Waals surface area contributed by atoms with E-state index in [1.165, 1.54) is 0 Å². The van der Waals surface area contributed by atoms with Crippen molar-refractivity contribution in [1.82, 2.24) is 9.55 Å². The number of rotatable bonds is 2. The summed E-state index contributed by atoms with van der Waals surface area (Å²) in [5.41, 5.74) is 3.27. The molecular weight excluding hydrogens is 300 g/mol. The minimum Gasteiger partial charge on any atom is -0.449 e. The minimum absolute atomic E-state index is 0.325. The second-order valence-electron chi connectivity index (χ2n) is 5.49. The van der Waals surface area contributed by atoms with Crippen LogP contribution in [0.15, 0.2) is 66.7 Å². The number of aromatic nitrogens is 2. The number of carbonyl (C=O) groups excluding carboxylic acids is 1. The Balaban J connectivity index is 2.03. The van der Waals surface area contributed by atoms with Crippen LogP contribution in [-0.2, 0) is 4.74 Å². The van der Waals surface area contributed by atoms with E-state index in [0.29, 0.717) is 12.3 Å². The zero-order chi connectivity index (χ0) is 16.5. The first-order valence-electron chi connectivity index (χ1n) is 7.92. The van der Waals surface area contributed by atoms with Crippen molar-refractivity contribution in [2.45, 2.75) is 6.92 Å². The molecule has 0 radical (unpaired) electrons. The van der Waals surface area contributed by atoms with Gasteiger partial charge in [-0.1, -0.05) is 48.5 Å². The third-order valence-corrected chi connectivity index (χ3v) is 4.04. The summed E-state index contributed by atoms with van der Waals surface area (Å²) in [5, 5.41) is 1.94. The van der Waals surface area contributed by atoms with Gasteiger partial charge in [-0.05, 0) is 25.1 Å². The lowest BCUT2D eigenvalue weighted by molar-refractivity contribution is 0.156. The maximum absolute atomic E-state index is 12.5. The first-order chi connectivity index (χ1) is 11.8. The molecule has 2 heterocycles. The van der Waals surface area contributed by atoms with E-state index in [1.807, 2.05) is 66.7 Å². The van der Waals surface area contributed by atoms with Crippen molar-refractivity contribution in [2.75, 3.05) is 6.61 Å². The molecule has 0 spiro atoms. The highest BCUT2D eigenvalue weighted by Gasteiger charge is 2.18. The highest BCUT2D eigenvalue weighted by Crippen LogP contribution is 2.30. The molecule has 24 heavy (non-hydrogen) atoms. The molecule has 0 amide bonds. The molecule has 2 aromatic heterocycles. The number of benzene rings is 2. The molecule has 0 aliphatic carbocycles. The fraction of sp³-hybridized carbons (Fsp3) is 0.100. The van der Waals surface area contributed by atoms with Gasteiger partial charge in [0.1, 0.15) is 0 Å². The van der Waals surface area contributed by atoms with Gasteiger partial charge in [0.2, 0.25) is 0 Å². The second-order valence-corrected chi connectivity index (χ2v) is 5.49. The van der Waals surface area contributed by atoms with Gasteiger partial charge in [-0.15, -0.1) is 0 Å². The molecule has 0 aliphatic rings. The van der Waals surface area contributed by atoms with Crippen LogP contribution in [0.3, 0.4) is 0 Å². The van der Waals surface area contributed by atoms with Gasteiger partial charge in [0.05, 0.1) is 17.8 Å². The lowest BCUT2D eigenvalue weighted by Gasteiger charge is -2.06. The number of nitrogens with zero attached hydrogens (tertiary/aromatic N) is 2. The van der Waals surface area contributed by atoms with Crippen LogP contribution in [0.2, 0.25) is 0 Å². The molecule has 4 heteroatoms. The van der Waals surface area contributed by atoms with Gasteiger partial charge in [-0.2, -0.15) is 0 Å². The topological polar surface area (TPSA) is 44.1 Å². The monoisotopic (exact) mass is 316 g/mol. The first-order valence-corrected chi connectivity index (χ1v) is 7.92. The van der Waals surface area contributed by atoms with E-state index in [-0.39, 0.29) is 0 Å². The van der Waals surface area contributed by atoms with Crippen LogP contribution in [0, 0.1) is 0 Å². The molecule has 0 aliphatic heterocycles. The Bertz CT molecular complexity index is 1040. The number of carbonyl (C=O) groups is 1. The predicted octanol–water partition coefficient (Wildman–Crippen LogP) is 4.86. The zero-order valence-electron chi connectivity index (χ0n) is 13.3. The fourth-order valence-electron chi connectivity index (χ4n) is 2.98. The van der Waals surface area contributed by atoms with Gasteiger partial charge >= 0.3 is 6.09 Å². The SMILES string of the molecule is CCOC(=O)n1c2ccccc2c2ccc(-c3ccccc3)nc21. The summed E-state index contributed by atoms with van der Waals surface area (Å²) in [6, 6.07) is 21.7. The normalized spacial score (nSPS) is 11.0. The molecule has 0 unspecified atom stereocenters. The van der Waals surface area contributed by atoms with Gasteiger partial charge in [0.25, 0.3) is 0 Å². The molecule has 4 aromatic rings. The largest absolute Gasteiger partial charge is 0.449 e. The number of fused-ring (bicyclic) bond motifs is 3. The molecule has 0 bridgehead atoms. The highest BCUT2D eigenvalue weighted by molar-refractivity contribution is 6.11. The molecular formula is C20H16N2O2. The van der Waals surface area contributed by atoms with E-state index >= 15 is 0 Å². The molecule has 4 rings (SSSR count). The summed E-state index contributed by atoms with van der Waals surface area (Å²) in [6.45, 7) is 2.12. The quantitative estimate of drug-likeness (QED) is 0.530. The highest BCUT2D eigenvalue weighted by atomic mass is 16.5. The van der Waals surface area contributed by atoms with Crippen LogP contribution in [0.1, 0.15) is 6.92 Å². The maximum Gasteiger partial charge on any atom is 0.420 e. The lowest BCUT2D eigenvalue weighted by Crippen LogP contribution is -2.13. The van der Waals surface area contributed by atoms with Gasteiger partial charge < -0.3 is 4.74 Å². The van der Waals surface area contributed by atoms with Crippen LogP contribution in [0.4, 0.5) is 4.79 Å². The van der Waals surface area contributed by atoms with E-state index in [4.69, 9.17) is 9.72 Å². The number of hydrogen-bond donors (Lipinski definition) is 0. The number of ether oxygens (including phenoxy) is 1. The molecule has 2 aromatic carbocycles. The summed E-state index contributed by atoms with van der Waals surface area (Å²) in [5.74, 6) is 0. The lowest BCUT2D eigenvalue weighted by atomic mass is 10.1. The van der Waals surface area contributed by atoms with Crippen LogP contribution >= 0.6 is 0 Å². The smallest absolute Gasteiger partial charge is 0.420 e. The third kappa shape index (κ3) is 2.24. The van der Waals surface area contributed by atoms with Gasteiger partial charge in [-0.3, -0.25) is 0 Å². The molecule has 4 nitrogen and oxygen atoms in total. The van der Waals surface area contributed by atoms with Crippen LogP contribution in [-0.4, -0.2) is 22.3 Å². The standard InChI is InChI=1S/C20H16N2O2/c1-2-24-20(23)22-18-11-7-6-10-15(18)16-12-13-17(21-19(16)22)14-8-4-3-5-9-14/h3-13H,2H2,1H3. The Kier molecular flexibility index (Phi) is 3.50. The van der Waals surface area contributed by atoms with E-state index in [9.17, 15) is 4.79 Å². The first kappa shape index (κ1) is 14.5. The van der Waals surface area contributed by atoms with Crippen LogP contribution in [0.25, 0.3) is 33.2 Å². The third-order valence-electron chi connectivity index (χ3n) is 4.04. The number of pyridine rings is 1. The van der Waals surface area contributed by atoms with Crippen molar-refractivity contribution in [3.63, 3.8) is 0 Å². The summed E-state index contributed by atoms with van der Waals surface area (Å²) >= 11 is 0. The van der Waals surface area contributed by atoms with Gasteiger partial charge in [0.15, 0.2) is 5.65 Å². The molecule has 0 fully saturated rings. The number of hydrogen-bond acceptors (Lipinski definition) is 3. The van der Waals surface area contributed by atoms with E-state index < -0.39 is 6.09 Å². The average molecular weight is 316 g/mol. The number of para-hydroxylation sites is 1. The Morgan fingerprint density at radius 3 is 2.50 bits per heavy atom. The maximum atomic E-state index is 12.5. The Morgan fingerprint density at radius 1 is 0.958 bits per heavy atom. The van der Waals surface area contributed by atoms with Crippen molar-refractivity contribution in [2.24, 2.45) is 0 Å². The van der Waals surface area contributed by atoms with Gasteiger partial charge in [0, 0.05) is 16.3 Å². The van der Waals surface area contributed by atoms with Gasteiger partial charge in [-0.25, -0.2) is 14.3 Å². The average Bonchev–Trinajstić information content (AvgIpc) is 2.96. The molecule has 118 valence electrons. The minimum atomic E-state index is -0.401. The zero-order valence-corrected chi connectivity index (χ0v) is 13.3. The Labute approximate surface area is 139 Å². The van der Waals surface area contributed by atoms with Crippen molar-refractivity contribution < 1.29 is 9.53 Å². The van der Waals surface area contributed by atoms with Crippen LogP contribution < -0.4 is 0 Å². The van der Waals surface area contributed by atoms with E-state index in [2.05, 4.69) is 0 Å². The van der Waals surface area contributed by atoms with E-state index in [0.717, 1.165) is 27.5 Å². The molecule has 0 saturated carbocycles. The van der Waals surface area contributed by atoms with Crippen molar-refractivity contribution in [3.8, 4) is 11.3 Å². The summed E-state index contributed by atoms with van der Waals surface area (Å²) in [4.78, 5) is 17.2. The van der Waals surface area contributed by atoms with Crippen molar-refractivity contribution in [1.29, 1.82) is 0 Å². The summed E-state index contributed by atoms with van der Waals surface area (Å²) in [7, 11) is 0. The van der Waals surface area contributed by atoms with Crippen LogP contribution in [0.5, 0.6) is 0 Å². The molecule has 0 saturated heterocycles. The van der Waals surface area contributed by atoms with Crippen molar-refractivity contribution >= 4 is 28.0 Å². The molecule has 0 N–H and O–H groups in total. The van der Waals surface area contributed by atoms with Crippen molar-refractivity contribution in [3.05, 3.63) is 66.7 Å². The Morgan fingerprint density at radius 2 is 1.71 bits per heavy atom. The molecule has 0 atom stereocenters. The predicted molar refractivity (Wildman–Crippen MR) is 95.1 cm³/mol.